The van der Waals surface area contributed by atoms with Crippen molar-refractivity contribution >= 4 is 5.57 Å². The molecule has 5 rings (SSSR count). The first-order valence-corrected chi connectivity index (χ1v) is 15.3. The molecule has 37 heavy (non-hydrogen) atoms. The summed E-state index contributed by atoms with van der Waals surface area (Å²) in [5.74, 6) is 2.84. The highest BCUT2D eigenvalue weighted by atomic mass is 19.1. The minimum Gasteiger partial charge on any atom is -0.207 e. The van der Waals surface area contributed by atoms with Gasteiger partial charge in [-0.05, 0) is 135 Å². The van der Waals surface area contributed by atoms with E-state index in [0.29, 0.717) is 17.8 Å². The van der Waals surface area contributed by atoms with Crippen LogP contribution in [0.1, 0.15) is 144 Å². The van der Waals surface area contributed by atoms with Crippen LogP contribution < -0.4 is 0 Å². The van der Waals surface area contributed by atoms with Gasteiger partial charge in [0.25, 0.3) is 0 Å². The van der Waals surface area contributed by atoms with E-state index in [1.807, 2.05) is 12.1 Å². The molecule has 0 N–H and O–H groups in total. The highest BCUT2D eigenvalue weighted by molar-refractivity contribution is 5.67. The lowest BCUT2D eigenvalue weighted by atomic mass is 9.76. The van der Waals surface area contributed by atoms with E-state index in [2.05, 4.69) is 38.1 Å². The van der Waals surface area contributed by atoms with Crippen molar-refractivity contribution in [3.8, 4) is 0 Å². The molecule has 2 aromatic rings. The third-order valence-electron chi connectivity index (χ3n) is 10.1. The molecule has 0 heterocycles. The van der Waals surface area contributed by atoms with Gasteiger partial charge in [-0.1, -0.05) is 63.5 Å². The maximum Gasteiger partial charge on any atom is 0.130 e. The lowest BCUT2D eigenvalue weighted by Crippen LogP contribution is -2.14. The molecule has 1 unspecified atom stereocenters. The van der Waals surface area contributed by atoms with Crippen LogP contribution in [0.2, 0.25) is 0 Å². The fraction of sp³-hybridized carbons (Fsp3) is 0.600. The maximum absolute atomic E-state index is 15.2. The summed E-state index contributed by atoms with van der Waals surface area (Å²) in [5, 5.41) is 0. The van der Waals surface area contributed by atoms with Gasteiger partial charge >= 0.3 is 0 Å². The van der Waals surface area contributed by atoms with E-state index in [0.717, 1.165) is 66.2 Å². The van der Waals surface area contributed by atoms with Gasteiger partial charge in [0.15, 0.2) is 0 Å². The van der Waals surface area contributed by atoms with Crippen molar-refractivity contribution in [2.24, 2.45) is 11.8 Å². The van der Waals surface area contributed by atoms with Crippen LogP contribution in [0.4, 0.5) is 8.78 Å². The number of benzene rings is 2. The molecule has 0 nitrogen and oxygen atoms in total. The van der Waals surface area contributed by atoms with Crippen molar-refractivity contribution in [2.45, 2.75) is 121 Å². The van der Waals surface area contributed by atoms with Crippen LogP contribution >= 0.6 is 0 Å². The standard InChI is InChI=1S/C35H46F2/c1-3-5-25-8-10-26(11-9-25)30-18-21-33(35(37)22-30)29-16-14-27(15-17-29)31-19-20-32(34(36)23-31)28-12-6-24(4-2)7-13-28/h16,18-28H,3-15,17H2,1-2H3. The molecule has 0 amide bonds. The van der Waals surface area contributed by atoms with Crippen LogP contribution in [-0.2, 0) is 0 Å². The molecule has 0 saturated heterocycles. The molecular weight excluding hydrogens is 458 g/mol. The SMILES string of the molecule is CCCC1CCC(c2ccc(C3=CCC(c4ccc(C5CCC(CC)CC5)c(F)c4)CC3)c(F)c2)CC1. The molecule has 1 atom stereocenters. The van der Waals surface area contributed by atoms with Gasteiger partial charge in [-0.2, -0.15) is 0 Å². The van der Waals surface area contributed by atoms with Crippen LogP contribution in [0.15, 0.2) is 42.5 Å². The number of hydrogen-bond donors (Lipinski definition) is 0. The topological polar surface area (TPSA) is 0 Å². The van der Waals surface area contributed by atoms with Crippen LogP contribution in [0.5, 0.6) is 0 Å². The Morgan fingerprint density at radius 1 is 0.676 bits per heavy atom. The van der Waals surface area contributed by atoms with Gasteiger partial charge in [-0.3, -0.25) is 0 Å². The first-order valence-electron chi connectivity index (χ1n) is 15.3. The summed E-state index contributed by atoms with van der Waals surface area (Å²) in [6.07, 6.45) is 18.4. The Bertz CT molecular complexity index is 1070. The smallest absolute Gasteiger partial charge is 0.130 e. The summed E-state index contributed by atoms with van der Waals surface area (Å²) in [4.78, 5) is 0. The van der Waals surface area contributed by atoms with E-state index in [1.165, 1.54) is 63.4 Å². The van der Waals surface area contributed by atoms with Crippen molar-refractivity contribution in [3.63, 3.8) is 0 Å². The van der Waals surface area contributed by atoms with Crippen molar-refractivity contribution in [3.05, 3.63) is 76.4 Å². The van der Waals surface area contributed by atoms with E-state index >= 15 is 8.78 Å². The van der Waals surface area contributed by atoms with Gasteiger partial charge in [0.2, 0.25) is 0 Å². The summed E-state index contributed by atoms with van der Waals surface area (Å²) in [7, 11) is 0. The summed E-state index contributed by atoms with van der Waals surface area (Å²) < 4.78 is 30.4. The molecule has 0 radical (unpaired) electrons. The van der Waals surface area contributed by atoms with Crippen LogP contribution in [0, 0.1) is 23.5 Å². The highest BCUT2D eigenvalue weighted by Crippen LogP contribution is 2.42. The fourth-order valence-electron chi connectivity index (χ4n) is 7.63. The average Bonchev–Trinajstić information content (AvgIpc) is 2.94. The fourth-order valence-corrected chi connectivity index (χ4v) is 7.63. The largest absolute Gasteiger partial charge is 0.207 e. The maximum atomic E-state index is 15.2. The normalized spacial score (nSPS) is 28.6. The first kappa shape index (κ1) is 26.6. The average molecular weight is 505 g/mol. The summed E-state index contributed by atoms with van der Waals surface area (Å²) in [6, 6.07) is 12.0. The quantitative estimate of drug-likeness (QED) is 0.352. The van der Waals surface area contributed by atoms with E-state index in [1.54, 1.807) is 6.07 Å². The lowest BCUT2D eigenvalue weighted by molar-refractivity contribution is 0.308. The number of halogens is 2. The Labute approximate surface area is 224 Å². The van der Waals surface area contributed by atoms with Crippen molar-refractivity contribution in [1.82, 2.24) is 0 Å². The number of allylic oxidation sites excluding steroid dienone is 2. The van der Waals surface area contributed by atoms with E-state index in [-0.39, 0.29) is 11.6 Å². The van der Waals surface area contributed by atoms with Crippen molar-refractivity contribution in [1.29, 1.82) is 0 Å². The third kappa shape index (κ3) is 6.21. The Hall–Kier alpha value is -1.96. The van der Waals surface area contributed by atoms with Crippen molar-refractivity contribution in [2.75, 3.05) is 0 Å². The predicted molar refractivity (Wildman–Crippen MR) is 152 cm³/mol. The van der Waals surface area contributed by atoms with Crippen LogP contribution in [0.3, 0.4) is 0 Å². The Morgan fingerprint density at radius 3 is 1.95 bits per heavy atom. The highest BCUT2D eigenvalue weighted by Gasteiger charge is 2.26. The second kappa shape index (κ2) is 12.3. The minimum atomic E-state index is -0.0638. The first-order chi connectivity index (χ1) is 18.1. The zero-order valence-corrected chi connectivity index (χ0v) is 23.1. The molecule has 2 saturated carbocycles. The zero-order chi connectivity index (χ0) is 25.8. The molecule has 0 aliphatic heterocycles. The van der Waals surface area contributed by atoms with Crippen LogP contribution in [0.25, 0.3) is 5.57 Å². The Balaban J connectivity index is 1.20. The van der Waals surface area contributed by atoms with E-state index in [4.69, 9.17) is 0 Å². The molecule has 0 spiro atoms. The molecule has 200 valence electrons. The molecule has 2 aromatic carbocycles. The summed E-state index contributed by atoms with van der Waals surface area (Å²) in [5.41, 5.74) is 5.10. The Morgan fingerprint density at radius 2 is 1.32 bits per heavy atom. The van der Waals surface area contributed by atoms with E-state index in [9.17, 15) is 0 Å². The van der Waals surface area contributed by atoms with Crippen LogP contribution in [-0.4, -0.2) is 0 Å². The minimum absolute atomic E-state index is 0.0161. The van der Waals surface area contributed by atoms with Crippen molar-refractivity contribution < 1.29 is 8.78 Å². The van der Waals surface area contributed by atoms with Gasteiger partial charge in [0.1, 0.15) is 11.6 Å². The monoisotopic (exact) mass is 504 g/mol. The molecule has 2 heteroatoms. The number of hydrogen-bond acceptors (Lipinski definition) is 0. The molecule has 0 bridgehead atoms. The number of rotatable bonds is 7. The second-order valence-corrected chi connectivity index (χ2v) is 12.4. The zero-order valence-electron chi connectivity index (χ0n) is 23.1. The molecule has 3 aliphatic carbocycles. The molecule has 0 aromatic heterocycles. The summed E-state index contributed by atoms with van der Waals surface area (Å²) in [6.45, 7) is 4.54. The predicted octanol–water partition coefficient (Wildman–Crippen LogP) is 11.1. The van der Waals surface area contributed by atoms with E-state index < -0.39 is 0 Å². The van der Waals surface area contributed by atoms with Gasteiger partial charge in [-0.15, -0.1) is 0 Å². The van der Waals surface area contributed by atoms with Gasteiger partial charge in [-0.25, -0.2) is 8.78 Å². The summed E-state index contributed by atoms with van der Waals surface area (Å²) >= 11 is 0. The van der Waals surface area contributed by atoms with Gasteiger partial charge in [0, 0.05) is 5.56 Å². The second-order valence-electron chi connectivity index (χ2n) is 12.4. The van der Waals surface area contributed by atoms with Gasteiger partial charge < -0.3 is 0 Å². The Kier molecular flexibility index (Phi) is 8.83. The molecule has 3 aliphatic rings. The lowest BCUT2D eigenvalue weighted by Gasteiger charge is -2.29. The van der Waals surface area contributed by atoms with Gasteiger partial charge in [0.05, 0.1) is 0 Å². The molecule has 2 fully saturated rings. The molecular formula is C35H46F2. The third-order valence-corrected chi connectivity index (χ3v) is 10.1.